The van der Waals surface area contributed by atoms with Crippen LogP contribution >= 0.6 is 0 Å². The molecule has 1 N–H and O–H groups in total. The Morgan fingerprint density at radius 3 is 2.06 bits per heavy atom. The van der Waals surface area contributed by atoms with Crippen LogP contribution in [0.4, 0.5) is 0 Å². The molecule has 2 heteroatoms. The monoisotopic (exact) mass is 210 g/mol. The number of carboxylic acids is 1. The van der Waals surface area contributed by atoms with Crippen molar-refractivity contribution < 1.29 is 9.90 Å². The molecule has 1 saturated carbocycles. The molecule has 2 aliphatic rings. The minimum atomic E-state index is -0.651. The van der Waals surface area contributed by atoms with E-state index in [1.54, 1.807) is 0 Å². The molecule has 1 fully saturated rings. The zero-order valence-corrected chi connectivity index (χ0v) is 8.55. The van der Waals surface area contributed by atoms with Crippen molar-refractivity contribution in [2.75, 3.05) is 0 Å². The largest absolute Gasteiger partial charge is 0.481 e. The summed E-state index contributed by atoms with van der Waals surface area (Å²) in [6, 6.07) is 12.4. The van der Waals surface area contributed by atoms with E-state index < -0.39 is 5.97 Å². The molecule has 0 heterocycles. The van der Waals surface area contributed by atoms with Gasteiger partial charge in [-0.1, -0.05) is 36.4 Å². The summed E-state index contributed by atoms with van der Waals surface area (Å²) in [7, 11) is 0. The van der Waals surface area contributed by atoms with Gasteiger partial charge in [0.1, 0.15) is 0 Å². The van der Waals surface area contributed by atoms with Gasteiger partial charge in [0, 0.05) is 11.8 Å². The van der Waals surface area contributed by atoms with Crippen LogP contribution < -0.4 is 0 Å². The first-order chi connectivity index (χ1) is 7.79. The van der Waals surface area contributed by atoms with E-state index in [4.69, 9.17) is 5.11 Å². The van der Waals surface area contributed by atoms with Crippen molar-refractivity contribution in [3.8, 4) is 0 Å². The Morgan fingerprint density at radius 2 is 1.56 bits per heavy atom. The van der Waals surface area contributed by atoms with Crippen LogP contribution in [-0.2, 0) is 4.79 Å². The predicted molar refractivity (Wildman–Crippen MR) is 60.6 cm³/mol. The Hall–Kier alpha value is -1.83. The second-order valence-corrected chi connectivity index (χ2v) is 4.71. The lowest BCUT2D eigenvalue weighted by atomic mass is 9.98. The van der Waals surface area contributed by atoms with Crippen molar-refractivity contribution in [3.05, 3.63) is 47.5 Å². The van der Waals surface area contributed by atoms with Crippen molar-refractivity contribution >= 4 is 16.7 Å². The van der Waals surface area contributed by atoms with Gasteiger partial charge < -0.3 is 5.11 Å². The fourth-order valence-corrected chi connectivity index (χ4v) is 3.35. The van der Waals surface area contributed by atoms with Crippen molar-refractivity contribution in [1.29, 1.82) is 0 Å². The predicted octanol–water partition coefficient (Wildman–Crippen LogP) is 2.74. The van der Waals surface area contributed by atoms with Crippen LogP contribution in [0.15, 0.2) is 36.4 Å². The van der Waals surface area contributed by atoms with E-state index in [1.165, 1.54) is 21.9 Å². The number of fused-ring (bicyclic) bond motifs is 3. The maximum atomic E-state index is 11.1. The molecule has 0 amide bonds. The average molecular weight is 210 g/mol. The van der Waals surface area contributed by atoms with Crippen LogP contribution in [-0.4, -0.2) is 11.1 Å². The molecule has 4 rings (SSSR count). The maximum absolute atomic E-state index is 11.1. The molecule has 2 atom stereocenters. The van der Waals surface area contributed by atoms with Gasteiger partial charge >= 0.3 is 5.97 Å². The molecule has 0 radical (unpaired) electrons. The van der Waals surface area contributed by atoms with Gasteiger partial charge in [-0.15, -0.1) is 0 Å². The third kappa shape index (κ3) is 0.778. The first-order valence-corrected chi connectivity index (χ1v) is 5.53. The topological polar surface area (TPSA) is 37.3 Å². The zero-order chi connectivity index (χ0) is 10.9. The SMILES string of the molecule is O=C(O)C1[C@H]2c3cccc4cccc(c34)[C@H]12. The number of rotatable bonds is 1. The van der Waals surface area contributed by atoms with Crippen molar-refractivity contribution in [2.24, 2.45) is 5.92 Å². The lowest BCUT2D eigenvalue weighted by Gasteiger charge is -2.06. The molecular formula is C14H10O2. The molecule has 2 aromatic rings. The fraction of sp³-hybridized carbons (Fsp3) is 0.214. The summed E-state index contributed by atoms with van der Waals surface area (Å²) < 4.78 is 0. The highest BCUT2D eigenvalue weighted by atomic mass is 16.4. The van der Waals surface area contributed by atoms with E-state index >= 15 is 0 Å². The van der Waals surface area contributed by atoms with Crippen LogP contribution in [0, 0.1) is 5.92 Å². The molecule has 16 heavy (non-hydrogen) atoms. The molecule has 2 aliphatic carbocycles. The van der Waals surface area contributed by atoms with E-state index in [0.717, 1.165) is 0 Å². The van der Waals surface area contributed by atoms with Gasteiger partial charge in [-0.25, -0.2) is 0 Å². The van der Waals surface area contributed by atoms with Gasteiger partial charge in [0.05, 0.1) is 5.92 Å². The first-order valence-electron chi connectivity index (χ1n) is 5.53. The quantitative estimate of drug-likeness (QED) is 0.785. The van der Waals surface area contributed by atoms with Gasteiger partial charge in [0.15, 0.2) is 0 Å². The third-order valence-electron chi connectivity index (χ3n) is 3.99. The summed E-state index contributed by atoms with van der Waals surface area (Å²) in [5, 5.41) is 11.7. The average Bonchev–Trinajstić information content (AvgIpc) is 2.95. The number of benzene rings is 2. The lowest BCUT2D eigenvalue weighted by Crippen LogP contribution is -2.02. The highest BCUT2D eigenvalue weighted by Gasteiger charge is 2.60. The van der Waals surface area contributed by atoms with E-state index in [-0.39, 0.29) is 17.8 Å². The second kappa shape index (κ2) is 2.46. The van der Waals surface area contributed by atoms with Crippen molar-refractivity contribution in [2.45, 2.75) is 11.8 Å². The van der Waals surface area contributed by atoms with Crippen molar-refractivity contribution in [1.82, 2.24) is 0 Å². The van der Waals surface area contributed by atoms with Crippen molar-refractivity contribution in [3.63, 3.8) is 0 Å². The smallest absolute Gasteiger partial charge is 0.307 e. The normalized spacial score (nSPS) is 29.1. The van der Waals surface area contributed by atoms with Crippen LogP contribution in [0.2, 0.25) is 0 Å². The summed E-state index contributed by atoms with van der Waals surface area (Å²) in [5.74, 6) is -0.362. The van der Waals surface area contributed by atoms with E-state index in [1.807, 2.05) is 12.1 Å². The molecule has 0 unspecified atom stereocenters. The Bertz CT molecular complexity index is 585. The second-order valence-electron chi connectivity index (χ2n) is 4.71. The minimum absolute atomic E-state index is 0.180. The highest BCUT2D eigenvalue weighted by molar-refractivity contribution is 5.97. The molecule has 78 valence electrons. The van der Waals surface area contributed by atoms with Gasteiger partial charge in [0.2, 0.25) is 0 Å². The summed E-state index contributed by atoms with van der Waals surface area (Å²) in [6.07, 6.45) is 0. The van der Waals surface area contributed by atoms with Crippen LogP contribution in [0.1, 0.15) is 23.0 Å². The molecule has 0 bridgehead atoms. The highest BCUT2D eigenvalue weighted by Crippen LogP contribution is 2.67. The number of hydrogen-bond donors (Lipinski definition) is 1. The molecule has 0 aliphatic heterocycles. The van der Waals surface area contributed by atoms with Crippen LogP contribution in [0.25, 0.3) is 10.8 Å². The number of hydrogen-bond acceptors (Lipinski definition) is 1. The van der Waals surface area contributed by atoms with E-state index in [0.29, 0.717) is 0 Å². The molecule has 0 aromatic heterocycles. The Morgan fingerprint density at radius 1 is 1.00 bits per heavy atom. The number of carboxylic acid groups (broad SMARTS) is 1. The lowest BCUT2D eigenvalue weighted by molar-refractivity contribution is -0.138. The standard InChI is InChI=1S/C14H10O2/c15-14(16)13-11-8-5-1-3-7-4-2-6-9(10(7)8)12(11)13/h1-6,11-13H,(H,15,16)/t11-,12-/m0/s1. The molecular weight excluding hydrogens is 200 g/mol. The fourth-order valence-electron chi connectivity index (χ4n) is 3.35. The van der Waals surface area contributed by atoms with Gasteiger partial charge in [-0.05, 0) is 21.9 Å². The summed E-state index contributed by atoms with van der Waals surface area (Å²) in [5.41, 5.74) is 2.48. The Balaban J connectivity index is 2.02. The Labute approximate surface area is 92.5 Å². The van der Waals surface area contributed by atoms with Gasteiger partial charge in [-0.3, -0.25) is 4.79 Å². The number of aliphatic carboxylic acids is 1. The van der Waals surface area contributed by atoms with Crippen LogP contribution in [0.5, 0.6) is 0 Å². The molecule has 2 nitrogen and oxygen atoms in total. The van der Waals surface area contributed by atoms with E-state index in [9.17, 15) is 4.79 Å². The third-order valence-corrected chi connectivity index (χ3v) is 3.99. The van der Waals surface area contributed by atoms with E-state index in [2.05, 4.69) is 24.3 Å². The minimum Gasteiger partial charge on any atom is -0.481 e. The van der Waals surface area contributed by atoms with Gasteiger partial charge in [-0.2, -0.15) is 0 Å². The van der Waals surface area contributed by atoms with Crippen LogP contribution in [0.3, 0.4) is 0 Å². The summed E-state index contributed by atoms with van der Waals surface area (Å²) in [6.45, 7) is 0. The zero-order valence-electron chi connectivity index (χ0n) is 8.55. The first kappa shape index (κ1) is 8.34. The number of carbonyl (C=O) groups is 1. The summed E-state index contributed by atoms with van der Waals surface area (Å²) in [4.78, 5) is 11.1. The Kier molecular flexibility index (Phi) is 1.28. The molecule has 0 spiro atoms. The van der Waals surface area contributed by atoms with Gasteiger partial charge in [0.25, 0.3) is 0 Å². The molecule has 2 aromatic carbocycles. The maximum Gasteiger partial charge on any atom is 0.307 e. The summed E-state index contributed by atoms with van der Waals surface area (Å²) >= 11 is 0. The molecule has 0 saturated heterocycles.